The maximum Gasteiger partial charge on any atom is 0.222 e. The van der Waals surface area contributed by atoms with Gasteiger partial charge in [-0.05, 0) is 31.0 Å². The minimum absolute atomic E-state index is 0.299. The molecule has 4 heteroatoms. The first kappa shape index (κ1) is 15.8. The monoisotopic (exact) mass is 290 g/mol. The quantitative estimate of drug-likeness (QED) is 0.806. The van der Waals surface area contributed by atoms with Gasteiger partial charge >= 0.3 is 0 Å². The number of carbonyl (C=O) groups is 1. The van der Waals surface area contributed by atoms with Crippen LogP contribution >= 0.6 is 0 Å². The maximum absolute atomic E-state index is 11.8. The fourth-order valence-electron chi connectivity index (χ4n) is 2.59. The molecular weight excluding hydrogens is 264 g/mol. The molecule has 21 heavy (non-hydrogen) atoms. The average molecular weight is 290 g/mol. The predicted octanol–water partition coefficient (Wildman–Crippen LogP) is 2.32. The van der Waals surface area contributed by atoms with Crippen molar-refractivity contribution in [1.29, 1.82) is 0 Å². The summed E-state index contributed by atoms with van der Waals surface area (Å²) in [7, 11) is 0. The van der Waals surface area contributed by atoms with Crippen molar-refractivity contribution in [1.82, 2.24) is 9.80 Å². The molecule has 4 nitrogen and oxygen atoms in total. The highest BCUT2D eigenvalue weighted by Gasteiger charge is 2.19. The van der Waals surface area contributed by atoms with Crippen LogP contribution in [0.15, 0.2) is 24.3 Å². The predicted molar refractivity (Wildman–Crippen MR) is 84.6 cm³/mol. The number of aryl methyl sites for hydroxylation is 1. The molecular formula is C17H26N2O2. The molecule has 1 saturated heterocycles. The number of rotatable bonds is 6. The third kappa shape index (κ3) is 5.05. The van der Waals surface area contributed by atoms with Gasteiger partial charge in [0.15, 0.2) is 0 Å². The average Bonchev–Trinajstić information content (AvgIpc) is 2.48. The molecule has 116 valence electrons. The Morgan fingerprint density at radius 1 is 1.24 bits per heavy atom. The van der Waals surface area contributed by atoms with Gasteiger partial charge in [-0.2, -0.15) is 0 Å². The first-order valence-corrected chi connectivity index (χ1v) is 7.88. The molecule has 0 radical (unpaired) electrons. The Bertz CT molecular complexity index is 454. The van der Waals surface area contributed by atoms with E-state index in [1.165, 1.54) is 5.56 Å². The molecule has 0 aromatic heterocycles. The van der Waals surface area contributed by atoms with Crippen molar-refractivity contribution >= 4 is 5.91 Å². The van der Waals surface area contributed by atoms with E-state index >= 15 is 0 Å². The lowest BCUT2D eigenvalue weighted by molar-refractivity contribution is -0.133. The van der Waals surface area contributed by atoms with Crippen LogP contribution in [0.5, 0.6) is 5.75 Å². The van der Waals surface area contributed by atoms with Crippen LogP contribution < -0.4 is 4.74 Å². The van der Waals surface area contributed by atoms with Crippen LogP contribution in [0.25, 0.3) is 0 Å². The second kappa shape index (κ2) is 8.03. The number of piperazine rings is 1. The lowest BCUT2D eigenvalue weighted by atomic mass is 10.2. The van der Waals surface area contributed by atoms with E-state index in [4.69, 9.17) is 4.74 Å². The van der Waals surface area contributed by atoms with Gasteiger partial charge in [0, 0.05) is 39.1 Å². The van der Waals surface area contributed by atoms with Crippen LogP contribution in [0.1, 0.15) is 25.3 Å². The Labute approximate surface area is 127 Å². The first-order valence-electron chi connectivity index (χ1n) is 7.88. The van der Waals surface area contributed by atoms with Gasteiger partial charge in [0.05, 0.1) is 0 Å². The molecule has 1 aromatic carbocycles. The fraction of sp³-hybridized carbons (Fsp3) is 0.588. The summed E-state index contributed by atoms with van der Waals surface area (Å²) in [5, 5.41) is 0. The Hall–Kier alpha value is -1.55. The van der Waals surface area contributed by atoms with E-state index in [1.54, 1.807) is 0 Å². The molecule has 1 amide bonds. The van der Waals surface area contributed by atoms with Gasteiger partial charge in [-0.15, -0.1) is 0 Å². The van der Waals surface area contributed by atoms with Crippen molar-refractivity contribution in [2.75, 3.05) is 39.3 Å². The molecule has 1 aromatic rings. The van der Waals surface area contributed by atoms with E-state index in [0.717, 1.165) is 44.9 Å². The molecule has 0 unspecified atom stereocenters. The van der Waals surface area contributed by atoms with E-state index in [9.17, 15) is 4.79 Å². The van der Waals surface area contributed by atoms with Gasteiger partial charge in [-0.25, -0.2) is 0 Å². The molecule has 1 heterocycles. The van der Waals surface area contributed by atoms with Crippen LogP contribution in [0.2, 0.25) is 0 Å². The van der Waals surface area contributed by atoms with Crippen molar-refractivity contribution in [2.45, 2.75) is 26.7 Å². The minimum Gasteiger partial charge on any atom is -0.492 e. The van der Waals surface area contributed by atoms with Crippen molar-refractivity contribution in [2.24, 2.45) is 0 Å². The molecule has 0 N–H and O–H groups in total. The zero-order chi connectivity index (χ0) is 15.1. The largest absolute Gasteiger partial charge is 0.492 e. The second-order valence-electron chi connectivity index (χ2n) is 5.64. The molecule has 0 atom stereocenters. The van der Waals surface area contributed by atoms with Gasteiger partial charge in [0.25, 0.3) is 0 Å². The van der Waals surface area contributed by atoms with Gasteiger partial charge < -0.3 is 9.64 Å². The van der Waals surface area contributed by atoms with Crippen LogP contribution in [-0.4, -0.2) is 55.0 Å². The van der Waals surface area contributed by atoms with Crippen LogP contribution in [0, 0.1) is 6.92 Å². The lowest BCUT2D eigenvalue weighted by Crippen LogP contribution is -2.49. The van der Waals surface area contributed by atoms with Crippen LogP contribution in [-0.2, 0) is 4.79 Å². The Morgan fingerprint density at radius 3 is 2.67 bits per heavy atom. The number of benzene rings is 1. The highest BCUT2D eigenvalue weighted by atomic mass is 16.5. The summed E-state index contributed by atoms with van der Waals surface area (Å²) in [6.07, 6.45) is 1.61. The summed E-state index contributed by atoms with van der Waals surface area (Å²) in [4.78, 5) is 16.2. The summed E-state index contributed by atoms with van der Waals surface area (Å²) < 4.78 is 5.78. The molecule has 1 aliphatic heterocycles. The number of nitrogens with zero attached hydrogens (tertiary/aromatic N) is 2. The fourth-order valence-corrected chi connectivity index (χ4v) is 2.59. The third-order valence-electron chi connectivity index (χ3n) is 3.85. The van der Waals surface area contributed by atoms with Crippen molar-refractivity contribution < 1.29 is 9.53 Å². The van der Waals surface area contributed by atoms with Gasteiger partial charge in [0.2, 0.25) is 5.91 Å². The van der Waals surface area contributed by atoms with E-state index < -0.39 is 0 Å². The maximum atomic E-state index is 11.8. The summed E-state index contributed by atoms with van der Waals surface area (Å²) in [6.45, 7) is 9.35. The molecule has 0 saturated carbocycles. The lowest BCUT2D eigenvalue weighted by Gasteiger charge is -2.34. The molecule has 0 spiro atoms. The zero-order valence-corrected chi connectivity index (χ0v) is 13.2. The first-order chi connectivity index (χ1) is 10.2. The SMILES string of the molecule is CCCC(=O)N1CCN(CCOc2cccc(C)c2)CC1. The van der Waals surface area contributed by atoms with Crippen molar-refractivity contribution in [3.63, 3.8) is 0 Å². The summed E-state index contributed by atoms with van der Waals surface area (Å²) in [6, 6.07) is 8.14. The number of carbonyl (C=O) groups excluding carboxylic acids is 1. The summed E-state index contributed by atoms with van der Waals surface area (Å²) >= 11 is 0. The Balaban J connectivity index is 1.66. The smallest absolute Gasteiger partial charge is 0.222 e. The van der Waals surface area contributed by atoms with E-state index in [2.05, 4.69) is 30.9 Å². The third-order valence-corrected chi connectivity index (χ3v) is 3.85. The molecule has 0 aliphatic carbocycles. The Morgan fingerprint density at radius 2 is 2.00 bits per heavy atom. The minimum atomic E-state index is 0.299. The van der Waals surface area contributed by atoms with Crippen molar-refractivity contribution in [3.05, 3.63) is 29.8 Å². The summed E-state index contributed by atoms with van der Waals surface area (Å²) in [5.74, 6) is 1.24. The molecule has 2 rings (SSSR count). The standard InChI is InChI=1S/C17H26N2O2/c1-3-5-17(20)19-10-8-18(9-11-19)12-13-21-16-7-4-6-15(2)14-16/h4,6-7,14H,3,5,8-13H2,1-2H3. The number of ether oxygens (including phenoxy) is 1. The van der Waals surface area contributed by atoms with Gasteiger partial charge in [-0.1, -0.05) is 19.1 Å². The second-order valence-corrected chi connectivity index (χ2v) is 5.64. The molecule has 0 bridgehead atoms. The molecule has 1 fully saturated rings. The van der Waals surface area contributed by atoms with Gasteiger partial charge in [-0.3, -0.25) is 9.69 Å². The van der Waals surface area contributed by atoms with E-state index in [1.807, 2.05) is 17.0 Å². The zero-order valence-electron chi connectivity index (χ0n) is 13.2. The Kier molecular flexibility index (Phi) is 6.05. The number of hydrogen-bond donors (Lipinski definition) is 0. The van der Waals surface area contributed by atoms with Gasteiger partial charge in [0.1, 0.15) is 12.4 Å². The van der Waals surface area contributed by atoms with E-state index in [0.29, 0.717) is 18.9 Å². The van der Waals surface area contributed by atoms with E-state index in [-0.39, 0.29) is 0 Å². The van der Waals surface area contributed by atoms with Crippen LogP contribution in [0.4, 0.5) is 0 Å². The number of amides is 1. The normalized spacial score (nSPS) is 16.0. The van der Waals surface area contributed by atoms with Crippen LogP contribution in [0.3, 0.4) is 0 Å². The summed E-state index contributed by atoms with van der Waals surface area (Å²) in [5.41, 5.74) is 1.22. The molecule has 1 aliphatic rings. The highest BCUT2D eigenvalue weighted by Crippen LogP contribution is 2.12. The highest BCUT2D eigenvalue weighted by molar-refractivity contribution is 5.76. The number of hydrogen-bond acceptors (Lipinski definition) is 3. The topological polar surface area (TPSA) is 32.8 Å². The van der Waals surface area contributed by atoms with Crippen molar-refractivity contribution in [3.8, 4) is 5.75 Å².